The molecule has 9 nitrogen and oxygen atoms in total. The summed E-state index contributed by atoms with van der Waals surface area (Å²) < 4.78 is 47.4. The third-order valence-electron chi connectivity index (χ3n) is 11.9. The average molecular weight is 811 g/mol. The fourth-order valence-corrected chi connectivity index (χ4v) is 8.09. The van der Waals surface area contributed by atoms with E-state index in [-0.39, 0.29) is 67.1 Å². The molecule has 0 aliphatic carbocycles. The second-order valence-electron chi connectivity index (χ2n) is 16.4. The van der Waals surface area contributed by atoms with Crippen molar-refractivity contribution < 1.29 is 43.0 Å². The number of aliphatic hydroxyl groups is 1. The summed E-state index contributed by atoms with van der Waals surface area (Å²) in [4.78, 5) is 0. The van der Waals surface area contributed by atoms with E-state index >= 15 is 0 Å². The predicted octanol–water partition coefficient (Wildman–Crippen LogP) is 10.7. The number of methoxy groups -OCH3 is 4. The number of rotatable bonds is 29. The Bertz CT molecular complexity index is 1400. The standard InChI is InChI=1S/C49H78O9/c1-11-12-13-14-21-44(50)37(4)45(55-32-40-24-28-42(52-8)29-25-40)22-17-15-19-35(2)47(56-33-41-26-30-43(53-9)31-27-41)36(3)20-16-18-23-46-38(5)48(57-34-51-7)39(6)49(54-10)58-46/h15-16,19-20,24-31,35-39,44-50H,11-14,17-18,21-23,32-34H2,1-10H3/b19-15-,20-16-/t35-,36-,37+,38+,39+,44-,45+,46-,47+,48-,49+/m0/s1. The van der Waals surface area contributed by atoms with Gasteiger partial charge in [0.05, 0.1) is 58.0 Å². The molecule has 328 valence electrons. The van der Waals surface area contributed by atoms with Gasteiger partial charge >= 0.3 is 0 Å². The zero-order chi connectivity index (χ0) is 42.3. The van der Waals surface area contributed by atoms with Crippen molar-refractivity contribution in [2.75, 3.05) is 35.2 Å². The Morgan fingerprint density at radius 1 is 0.724 bits per heavy atom. The topological polar surface area (TPSA) is 94.1 Å². The Hall–Kier alpha value is -2.76. The van der Waals surface area contributed by atoms with E-state index < -0.39 is 6.10 Å². The summed E-state index contributed by atoms with van der Waals surface area (Å²) in [5.41, 5.74) is 2.20. The largest absolute Gasteiger partial charge is 0.497 e. The second-order valence-corrected chi connectivity index (χ2v) is 16.4. The van der Waals surface area contributed by atoms with Crippen LogP contribution in [0.5, 0.6) is 11.5 Å². The monoisotopic (exact) mass is 811 g/mol. The van der Waals surface area contributed by atoms with Crippen molar-refractivity contribution in [3.63, 3.8) is 0 Å². The fourth-order valence-electron chi connectivity index (χ4n) is 8.09. The number of aliphatic hydroxyl groups excluding tert-OH is 1. The lowest BCUT2D eigenvalue weighted by Crippen LogP contribution is -2.50. The van der Waals surface area contributed by atoms with Gasteiger partial charge in [-0.25, -0.2) is 0 Å². The molecule has 0 amide bonds. The van der Waals surface area contributed by atoms with Crippen molar-refractivity contribution in [2.45, 2.75) is 149 Å². The van der Waals surface area contributed by atoms with E-state index in [1.54, 1.807) is 28.4 Å². The highest BCUT2D eigenvalue weighted by molar-refractivity contribution is 5.27. The molecule has 0 bridgehead atoms. The van der Waals surface area contributed by atoms with E-state index in [9.17, 15) is 5.11 Å². The van der Waals surface area contributed by atoms with Gasteiger partial charge in [-0.2, -0.15) is 0 Å². The minimum Gasteiger partial charge on any atom is -0.497 e. The van der Waals surface area contributed by atoms with Crippen molar-refractivity contribution in [1.29, 1.82) is 0 Å². The minimum atomic E-state index is -0.396. The van der Waals surface area contributed by atoms with Gasteiger partial charge in [0, 0.05) is 43.8 Å². The van der Waals surface area contributed by atoms with Crippen molar-refractivity contribution >= 4 is 0 Å². The van der Waals surface area contributed by atoms with Crippen LogP contribution in [0.4, 0.5) is 0 Å². The zero-order valence-corrected chi connectivity index (χ0v) is 37.5. The number of hydrogen-bond donors (Lipinski definition) is 1. The maximum atomic E-state index is 11.2. The molecule has 1 saturated heterocycles. The zero-order valence-electron chi connectivity index (χ0n) is 37.5. The Morgan fingerprint density at radius 3 is 1.86 bits per heavy atom. The summed E-state index contributed by atoms with van der Waals surface area (Å²) in [6.45, 7) is 14.4. The predicted molar refractivity (Wildman–Crippen MR) is 233 cm³/mol. The van der Waals surface area contributed by atoms with Gasteiger partial charge in [0.2, 0.25) is 0 Å². The average Bonchev–Trinajstić information content (AvgIpc) is 3.24. The highest BCUT2D eigenvalue weighted by atomic mass is 16.7. The van der Waals surface area contributed by atoms with Gasteiger partial charge in [0.25, 0.3) is 0 Å². The van der Waals surface area contributed by atoms with Gasteiger partial charge < -0.3 is 43.0 Å². The smallest absolute Gasteiger partial charge is 0.162 e. The highest BCUT2D eigenvalue weighted by Gasteiger charge is 2.42. The summed E-state index contributed by atoms with van der Waals surface area (Å²) in [5, 5.41) is 11.2. The second kappa shape index (κ2) is 27.9. The van der Waals surface area contributed by atoms with E-state index in [1.807, 2.05) is 36.4 Å². The van der Waals surface area contributed by atoms with E-state index in [2.05, 4.69) is 78.0 Å². The van der Waals surface area contributed by atoms with Crippen molar-refractivity contribution in [1.82, 2.24) is 0 Å². The maximum Gasteiger partial charge on any atom is 0.162 e. The normalized spacial score (nSPS) is 23.1. The number of unbranched alkanes of at least 4 members (excludes halogenated alkanes) is 3. The molecule has 1 aliphatic rings. The van der Waals surface area contributed by atoms with Gasteiger partial charge in [-0.1, -0.05) is 116 Å². The maximum absolute atomic E-state index is 11.2. The molecule has 0 saturated carbocycles. The van der Waals surface area contributed by atoms with Gasteiger partial charge in [-0.3, -0.25) is 0 Å². The van der Waals surface area contributed by atoms with Crippen molar-refractivity contribution in [3.8, 4) is 11.5 Å². The molecule has 1 heterocycles. The SMILES string of the molecule is CCCCCC[C@H](O)[C@@H](C)[C@@H](CC/C=C\[C@H](C)[C@@H](OCc1ccc(OC)cc1)[C@@H](C)/C=C\CC[C@@H]1O[C@@H](OC)[C@H](C)[C@@H](OCOC)[C@@H]1C)OCc1ccc(OC)cc1. The van der Waals surface area contributed by atoms with Crippen LogP contribution in [0.1, 0.15) is 110 Å². The number of benzene rings is 2. The Morgan fingerprint density at radius 2 is 1.31 bits per heavy atom. The summed E-state index contributed by atoms with van der Waals surface area (Å²) in [6, 6.07) is 16.1. The molecule has 1 aliphatic heterocycles. The highest BCUT2D eigenvalue weighted by Crippen LogP contribution is 2.35. The Labute approximate surface area is 351 Å². The lowest BCUT2D eigenvalue weighted by molar-refractivity contribution is -0.271. The van der Waals surface area contributed by atoms with Gasteiger partial charge in [-0.15, -0.1) is 0 Å². The first-order chi connectivity index (χ1) is 28.1. The summed E-state index contributed by atoms with van der Waals surface area (Å²) in [5.74, 6) is 2.31. The molecular weight excluding hydrogens is 733 g/mol. The van der Waals surface area contributed by atoms with E-state index in [4.69, 9.17) is 37.9 Å². The molecule has 0 unspecified atom stereocenters. The molecule has 0 aromatic heterocycles. The van der Waals surface area contributed by atoms with E-state index in [1.165, 1.54) is 12.8 Å². The quantitative estimate of drug-likeness (QED) is 0.0490. The van der Waals surface area contributed by atoms with E-state index in [0.29, 0.717) is 13.2 Å². The van der Waals surface area contributed by atoms with Crippen LogP contribution in [-0.4, -0.2) is 77.1 Å². The molecule has 11 atom stereocenters. The van der Waals surface area contributed by atoms with Crippen LogP contribution in [0.15, 0.2) is 72.8 Å². The lowest BCUT2D eigenvalue weighted by Gasteiger charge is -2.43. The molecule has 9 heteroatoms. The Kier molecular flexibility index (Phi) is 23.9. The van der Waals surface area contributed by atoms with Crippen LogP contribution in [-0.2, 0) is 41.6 Å². The van der Waals surface area contributed by atoms with Crippen LogP contribution in [0.3, 0.4) is 0 Å². The van der Waals surface area contributed by atoms with Crippen LogP contribution < -0.4 is 9.47 Å². The number of ether oxygens (including phenoxy) is 8. The summed E-state index contributed by atoms with van der Waals surface area (Å²) in [7, 11) is 6.71. The third-order valence-corrected chi connectivity index (χ3v) is 11.9. The van der Waals surface area contributed by atoms with Crippen molar-refractivity contribution in [3.05, 3.63) is 84.0 Å². The first kappa shape index (κ1) is 49.6. The molecule has 58 heavy (non-hydrogen) atoms. The lowest BCUT2D eigenvalue weighted by atomic mass is 9.84. The van der Waals surface area contributed by atoms with Crippen molar-refractivity contribution in [2.24, 2.45) is 29.6 Å². The molecule has 1 fully saturated rings. The number of hydrogen-bond acceptors (Lipinski definition) is 9. The summed E-state index contributed by atoms with van der Waals surface area (Å²) in [6.07, 6.45) is 17.1. The van der Waals surface area contributed by atoms with E-state index in [0.717, 1.165) is 67.6 Å². The van der Waals surface area contributed by atoms with Crippen LogP contribution in [0.2, 0.25) is 0 Å². The molecule has 3 rings (SSSR count). The van der Waals surface area contributed by atoms with Crippen LogP contribution in [0.25, 0.3) is 0 Å². The number of allylic oxidation sites excluding steroid dienone is 2. The van der Waals surface area contributed by atoms with Gasteiger partial charge in [0.1, 0.15) is 18.3 Å². The molecule has 1 N–H and O–H groups in total. The fraction of sp³-hybridized carbons (Fsp3) is 0.673. The molecule has 0 radical (unpaired) electrons. The van der Waals surface area contributed by atoms with Crippen LogP contribution in [0, 0.1) is 29.6 Å². The molecule has 2 aromatic rings. The first-order valence-corrected chi connectivity index (χ1v) is 21.9. The molecular formula is C49H78O9. The van der Waals surface area contributed by atoms with Gasteiger partial charge in [-0.05, 0) is 67.5 Å². The van der Waals surface area contributed by atoms with Gasteiger partial charge in [0.15, 0.2) is 6.29 Å². The summed E-state index contributed by atoms with van der Waals surface area (Å²) >= 11 is 0. The Balaban J connectivity index is 1.68. The molecule has 0 spiro atoms. The minimum absolute atomic E-state index is 0.00548. The third kappa shape index (κ3) is 16.7. The van der Waals surface area contributed by atoms with Crippen LogP contribution >= 0.6 is 0 Å². The molecule has 2 aromatic carbocycles. The first-order valence-electron chi connectivity index (χ1n) is 21.9.